The largest absolute Gasteiger partial charge is 0.496 e. The maximum atomic E-state index is 12.0. The zero-order valence-corrected chi connectivity index (χ0v) is 13.8. The lowest BCUT2D eigenvalue weighted by molar-refractivity contribution is -0.124. The zero-order valence-electron chi connectivity index (χ0n) is 12.2. The number of rotatable bonds is 4. The fourth-order valence-corrected chi connectivity index (χ4v) is 1.81. The van der Waals surface area contributed by atoms with Crippen LogP contribution in [0.4, 0.5) is 0 Å². The lowest BCUT2D eigenvalue weighted by atomic mass is 9.87. The molecule has 0 aliphatic carbocycles. The molecule has 0 aliphatic heterocycles. The van der Waals surface area contributed by atoms with Gasteiger partial charge in [0.1, 0.15) is 5.75 Å². The molecule has 1 rings (SSSR count). The Bertz CT molecular complexity index is 459. The molecule has 1 aromatic rings. The van der Waals surface area contributed by atoms with Gasteiger partial charge in [-0.2, -0.15) is 0 Å². The van der Waals surface area contributed by atoms with Crippen LogP contribution in [0.2, 0.25) is 5.02 Å². The molecule has 1 atom stereocenters. The average molecular weight is 321 g/mol. The number of methoxy groups -OCH3 is 1. The molecule has 114 valence electrons. The van der Waals surface area contributed by atoms with Crippen molar-refractivity contribution in [2.24, 2.45) is 11.1 Å². The van der Waals surface area contributed by atoms with Gasteiger partial charge >= 0.3 is 0 Å². The van der Waals surface area contributed by atoms with E-state index in [0.717, 1.165) is 5.56 Å². The number of ether oxygens (including phenoxy) is 1. The lowest BCUT2D eigenvalue weighted by Crippen LogP contribution is -2.48. The van der Waals surface area contributed by atoms with Crippen LogP contribution in [0.25, 0.3) is 0 Å². The Kier molecular flexibility index (Phi) is 7.34. The summed E-state index contributed by atoms with van der Waals surface area (Å²) in [5.74, 6) is 0.451. The second-order valence-corrected chi connectivity index (χ2v) is 5.89. The molecule has 6 heteroatoms. The number of benzene rings is 1. The molecule has 0 radical (unpaired) electrons. The predicted octanol–water partition coefficient (Wildman–Crippen LogP) is 2.76. The van der Waals surface area contributed by atoms with E-state index in [0.29, 0.717) is 17.3 Å². The summed E-state index contributed by atoms with van der Waals surface area (Å²) in [5.41, 5.74) is 6.36. The van der Waals surface area contributed by atoms with Gasteiger partial charge < -0.3 is 15.8 Å². The summed E-state index contributed by atoms with van der Waals surface area (Å²) in [7, 11) is 1.57. The van der Waals surface area contributed by atoms with Gasteiger partial charge in [0, 0.05) is 17.1 Å². The first kappa shape index (κ1) is 19.0. The summed E-state index contributed by atoms with van der Waals surface area (Å²) < 4.78 is 5.22. The monoisotopic (exact) mass is 320 g/mol. The highest BCUT2D eigenvalue weighted by Crippen LogP contribution is 2.26. The van der Waals surface area contributed by atoms with Gasteiger partial charge in [-0.05, 0) is 17.5 Å². The van der Waals surface area contributed by atoms with E-state index in [1.807, 2.05) is 20.8 Å². The summed E-state index contributed by atoms with van der Waals surface area (Å²) in [4.78, 5) is 12.0. The van der Waals surface area contributed by atoms with Crippen LogP contribution in [-0.2, 0) is 11.3 Å². The third kappa shape index (κ3) is 4.85. The van der Waals surface area contributed by atoms with Crippen LogP contribution in [0, 0.1) is 5.41 Å². The van der Waals surface area contributed by atoms with Crippen LogP contribution >= 0.6 is 24.0 Å². The molecule has 0 saturated carbocycles. The summed E-state index contributed by atoms with van der Waals surface area (Å²) in [6.07, 6.45) is 0. The third-order valence-electron chi connectivity index (χ3n) is 2.95. The molecule has 3 N–H and O–H groups in total. The van der Waals surface area contributed by atoms with Gasteiger partial charge in [0.15, 0.2) is 0 Å². The molecule has 0 saturated heterocycles. The van der Waals surface area contributed by atoms with Crippen molar-refractivity contribution < 1.29 is 9.53 Å². The second kappa shape index (κ2) is 7.72. The molecule has 0 aliphatic rings. The number of amides is 1. The topological polar surface area (TPSA) is 64.3 Å². The minimum Gasteiger partial charge on any atom is -0.496 e. The van der Waals surface area contributed by atoms with Crippen LogP contribution in [0.1, 0.15) is 26.3 Å². The summed E-state index contributed by atoms with van der Waals surface area (Å²) in [5, 5.41) is 3.35. The molecular formula is C14H22Cl2N2O2. The summed E-state index contributed by atoms with van der Waals surface area (Å²) in [6, 6.07) is 4.79. The molecule has 0 unspecified atom stereocenters. The molecule has 0 heterocycles. The van der Waals surface area contributed by atoms with E-state index in [4.69, 9.17) is 22.1 Å². The molecule has 20 heavy (non-hydrogen) atoms. The Balaban J connectivity index is 0.00000361. The second-order valence-electron chi connectivity index (χ2n) is 5.48. The average Bonchev–Trinajstić information content (AvgIpc) is 2.34. The number of nitrogens with one attached hydrogen (secondary N) is 1. The minimum absolute atomic E-state index is 0. The highest BCUT2D eigenvalue weighted by molar-refractivity contribution is 6.31. The molecule has 0 aromatic heterocycles. The molecule has 0 fully saturated rings. The maximum absolute atomic E-state index is 12.0. The molecule has 0 bridgehead atoms. The predicted molar refractivity (Wildman–Crippen MR) is 84.5 cm³/mol. The van der Waals surface area contributed by atoms with Crippen molar-refractivity contribution >= 4 is 29.9 Å². The van der Waals surface area contributed by atoms with E-state index >= 15 is 0 Å². The first-order valence-electron chi connectivity index (χ1n) is 6.12. The van der Waals surface area contributed by atoms with Crippen LogP contribution in [0.3, 0.4) is 0 Å². The van der Waals surface area contributed by atoms with E-state index in [9.17, 15) is 4.79 Å². The van der Waals surface area contributed by atoms with Crippen molar-refractivity contribution in [1.29, 1.82) is 0 Å². The van der Waals surface area contributed by atoms with Crippen LogP contribution in [-0.4, -0.2) is 19.1 Å². The van der Waals surface area contributed by atoms with E-state index in [2.05, 4.69) is 5.32 Å². The van der Waals surface area contributed by atoms with Crippen molar-refractivity contribution in [2.75, 3.05) is 7.11 Å². The summed E-state index contributed by atoms with van der Waals surface area (Å²) in [6.45, 7) is 6.07. The normalized spacial score (nSPS) is 12.3. The van der Waals surface area contributed by atoms with Crippen LogP contribution in [0.15, 0.2) is 18.2 Å². The number of nitrogens with two attached hydrogens (primary N) is 1. The first-order valence-corrected chi connectivity index (χ1v) is 6.50. The van der Waals surface area contributed by atoms with Crippen molar-refractivity contribution in [3.8, 4) is 5.75 Å². The highest BCUT2D eigenvalue weighted by Gasteiger charge is 2.27. The van der Waals surface area contributed by atoms with Gasteiger partial charge in [0.25, 0.3) is 0 Å². The summed E-state index contributed by atoms with van der Waals surface area (Å²) >= 11 is 6.10. The third-order valence-corrected chi connectivity index (χ3v) is 3.30. The molecular weight excluding hydrogens is 299 g/mol. The zero-order chi connectivity index (χ0) is 14.6. The van der Waals surface area contributed by atoms with Crippen molar-refractivity contribution in [2.45, 2.75) is 33.4 Å². The number of hydrogen-bond acceptors (Lipinski definition) is 3. The quantitative estimate of drug-likeness (QED) is 0.896. The molecule has 1 aromatic carbocycles. The minimum atomic E-state index is -0.569. The van der Waals surface area contributed by atoms with Crippen molar-refractivity contribution in [3.63, 3.8) is 0 Å². The number of halogens is 2. The van der Waals surface area contributed by atoms with E-state index in [1.165, 1.54) is 0 Å². The number of hydrogen-bond donors (Lipinski definition) is 2. The van der Waals surface area contributed by atoms with Crippen molar-refractivity contribution in [3.05, 3.63) is 28.8 Å². The van der Waals surface area contributed by atoms with E-state index in [1.54, 1.807) is 25.3 Å². The van der Waals surface area contributed by atoms with Crippen LogP contribution in [0.5, 0.6) is 5.75 Å². The SMILES string of the molecule is COc1cccc(Cl)c1CNC(=O)[C@@H](N)C(C)(C)C.Cl. The Morgan fingerprint density at radius 3 is 2.55 bits per heavy atom. The standard InChI is InChI=1S/C14H21ClN2O2.ClH/c1-14(2,3)12(16)13(18)17-8-9-10(15)6-5-7-11(9)19-4;/h5-7,12H,8,16H2,1-4H3,(H,17,18);1H/t12-;/m1./s1. The maximum Gasteiger partial charge on any atom is 0.237 e. The van der Waals surface area contributed by atoms with E-state index in [-0.39, 0.29) is 23.7 Å². The highest BCUT2D eigenvalue weighted by atomic mass is 35.5. The van der Waals surface area contributed by atoms with Crippen molar-refractivity contribution in [1.82, 2.24) is 5.32 Å². The van der Waals surface area contributed by atoms with E-state index < -0.39 is 6.04 Å². The molecule has 1 amide bonds. The number of carbonyl (C=O) groups is 1. The first-order chi connectivity index (χ1) is 8.77. The van der Waals surface area contributed by atoms with Gasteiger partial charge in [-0.3, -0.25) is 4.79 Å². The van der Waals surface area contributed by atoms with Crippen LogP contribution < -0.4 is 15.8 Å². The smallest absolute Gasteiger partial charge is 0.237 e. The Morgan fingerprint density at radius 2 is 2.05 bits per heavy atom. The fraction of sp³-hybridized carbons (Fsp3) is 0.500. The van der Waals surface area contributed by atoms with Gasteiger partial charge in [0.05, 0.1) is 13.2 Å². The number of carbonyl (C=O) groups excluding carboxylic acids is 1. The van der Waals surface area contributed by atoms with Gasteiger partial charge in [0.2, 0.25) is 5.91 Å². The fourth-order valence-electron chi connectivity index (χ4n) is 1.58. The van der Waals surface area contributed by atoms with Gasteiger partial charge in [-0.15, -0.1) is 12.4 Å². The Labute approximate surface area is 131 Å². The molecule has 4 nitrogen and oxygen atoms in total. The molecule has 0 spiro atoms. The van der Waals surface area contributed by atoms with Gasteiger partial charge in [-0.25, -0.2) is 0 Å². The lowest BCUT2D eigenvalue weighted by Gasteiger charge is -2.26. The Hall–Kier alpha value is -0.970. The van der Waals surface area contributed by atoms with Gasteiger partial charge in [-0.1, -0.05) is 38.4 Å². The Morgan fingerprint density at radius 1 is 1.45 bits per heavy atom.